The standard InChI is InChI=1S/C23H30BrClN4O5/c1-4-5-6-19-27-20(25)18(11-26-21(30)16(9-13(2)3)22(31)28-34)29(19)12-14-7-8-15(23(32)33)17(24)10-14/h7-8,10,13,16,34H,4-6,9,11-12H2,1-3H3,(H,26,30)(H,28,31)(H,32,33). The number of rotatable bonds is 12. The summed E-state index contributed by atoms with van der Waals surface area (Å²) in [4.78, 5) is 40.5. The number of aryl methyl sites for hydroxylation is 1. The van der Waals surface area contributed by atoms with Crippen LogP contribution in [0.25, 0.3) is 0 Å². The van der Waals surface area contributed by atoms with E-state index in [4.69, 9.17) is 16.8 Å². The predicted octanol–water partition coefficient (Wildman–Crippen LogP) is 4.17. The van der Waals surface area contributed by atoms with Gasteiger partial charge >= 0.3 is 5.97 Å². The van der Waals surface area contributed by atoms with E-state index in [2.05, 4.69) is 33.2 Å². The van der Waals surface area contributed by atoms with Crippen LogP contribution in [0.4, 0.5) is 0 Å². The predicted molar refractivity (Wildman–Crippen MR) is 131 cm³/mol. The zero-order valence-corrected chi connectivity index (χ0v) is 21.7. The van der Waals surface area contributed by atoms with Crippen molar-refractivity contribution in [3.63, 3.8) is 0 Å². The molecule has 186 valence electrons. The Morgan fingerprint density at radius 3 is 2.50 bits per heavy atom. The van der Waals surface area contributed by atoms with Crippen LogP contribution in [0.5, 0.6) is 0 Å². The topological polar surface area (TPSA) is 134 Å². The number of benzene rings is 1. The first-order chi connectivity index (χ1) is 16.1. The first-order valence-corrected chi connectivity index (χ1v) is 12.2. The molecule has 0 fully saturated rings. The molecule has 2 rings (SSSR count). The molecule has 0 radical (unpaired) electrons. The van der Waals surface area contributed by atoms with E-state index in [1.807, 2.05) is 18.4 Å². The fourth-order valence-corrected chi connectivity index (χ4v) is 4.44. The molecule has 1 heterocycles. The van der Waals surface area contributed by atoms with Gasteiger partial charge in [0.25, 0.3) is 5.91 Å². The van der Waals surface area contributed by atoms with Crippen LogP contribution in [0.1, 0.15) is 67.5 Å². The zero-order valence-electron chi connectivity index (χ0n) is 19.4. The van der Waals surface area contributed by atoms with E-state index in [1.165, 1.54) is 6.07 Å². The van der Waals surface area contributed by atoms with Gasteiger partial charge in [-0.25, -0.2) is 15.3 Å². The zero-order chi connectivity index (χ0) is 25.4. The van der Waals surface area contributed by atoms with E-state index in [9.17, 15) is 19.5 Å². The second-order valence-corrected chi connectivity index (χ2v) is 9.66. The molecule has 11 heteroatoms. The van der Waals surface area contributed by atoms with Crippen LogP contribution in [0.15, 0.2) is 22.7 Å². The fourth-order valence-electron chi connectivity index (χ4n) is 3.58. The molecule has 0 aliphatic carbocycles. The summed E-state index contributed by atoms with van der Waals surface area (Å²) in [6, 6.07) is 4.98. The monoisotopic (exact) mass is 556 g/mol. The molecule has 1 atom stereocenters. The van der Waals surface area contributed by atoms with Gasteiger partial charge in [0.15, 0.2) is 5.15 Å². The summed E-state index contributed by atoms with van der Waals surface area (Å²) in [7, 11) is 0. The average Bonchev–Trinajstić information content (AvgIpc) is 3.07. The molecule has 0 aliphatic rings. The van der Waals surface area contributed by atoms with Gasteiger partial charge in [-0.15, -0.1) is 0 Å². The second kappa shape index (κ2) is 12.9. The SMILES string of the molecule is CCCCc1nc(Cl)c(CNC(=O)C(CC(C)C)C(=O)NO)n1Cc1ccc(C(=O)O)c(Br)c1. The van der Waals surface area contributed by atoms with E-state index in [0.29, 0.717) is 23.1 Å². The van der Waals surface area contributed by atoms with Crippen molar-refractivity contribution >= 4 is 45.3 Å². The maximum absolute atomic E-state index is 12.7. The van der Waals surface area contributed by atoms with Crippen LogP contribution in [0.2, 0.25) is 5.15 Å². The number of carboxylic acids is 1. The molecule has 0 spiro atoms. The molecule has 2 amide bonds. The van der Waals surface area contributed by atoms with Crippen molar-refractivity contribution in [3.05, 3.63) is 50.5 Å². The number of aromatic nitrogens is 2. The lowest BCUT2D eigenvalue weighted by molar-refractivity contribution is -0.141. The minimum atomic E-state index is -1.04. The highest BCUT2D eigenvalue weighted by atomic mass is 79.9. The summed E-state index contributed by atoms with van der Waals surface area (Å²) in [6.07, 6.45) is 2.81. The number of nitrogens with zero attached hydrogens (tertiary/aromatic N) is 2. The lowest BCUT2D eigenvalue weighted by Gasteiger charge is -2.18. The minimum Gasteiger partial charge on any atom is -0.478 e. The molecule has 1 aromatic heterocycles. The molecule has 4 N–H and O–H groups in total. The smallest absolute Gasteiger partial charge is 0.336 e. The summed E-state index contributed by atoms with van der Waals surface area (Å²) >= 11 is 9.74. The normalized spacial score (nSPS) is 12.0. The van der Waals surface area contributed by atoms with Crippen LogP contribution < -0.4 is 10.8 Å². The van der Waals surface area contributed by atoms with Gasteiger partial charge in [0.2, 0.25) is 5.91 Å². The molecule has 9 nitrogen and oxygen atoms in total. The Morgan fingerprint density at radius 2 is 1.94 bits per heavy atom. The fraction of sp³-hybridized carbons (Fsp3) is 0.478. The van der Waals surface area contributed by atoms with Gasteiger partial charge in [0, 0.05) is 17.4 Å². The van der Waals surface area contributed by atoms with Crippen molar-refractivity contribution in [1.29, 1.82) is 0 Å². The van der Waals surface area contributed by atoms with E-state index in [-0.39, 0.29) is 29.6 Å². The van der Waals surface area contributed by atoms with Crippen LogP contribution in [0, 0.1) is 11.8 Å². The summed E-state index contributed by atoms with van der Waals surface area (Å²) in [6.45, 7) is 6.24. The highest BCUT2D eigenvalue weighted by molar-refractivity contribution is 9.10. The number of unbranched alkanes of at least 4 members (excludes halogenated alkanes) is 1. The number of carboxylic acid groups (broad SMARTS) is 1. The number of carbonyl (C=O) groups excluding carboxylic acids is 2. The Balaban J connectivity index is 2.32. The second-order valence-electron chi connectivity index (χ2n) is 8.45. The van der Waals surface area contributed by atoms with Gasteiger partial charge in [-0.3, -0.25) is 14.8 Å². The van der Waals surface area contributed by atoms with Crippen LogP contribution in [0.3, 0.4) is 0 Å². The Labute approximate surface area is 212 Å². The molecule has 0 saturated heterocycles. The molecule has 1 unspecified atom stereocenters. The number of hydrogen-bond donors (Lipinski definition) is 4. The summed E-state index contributed by atoms with van der Waals surface area (Å²) in [5.41, 5.74) is 3.12. The molecule has 0 aliphatic heterocycles. The van der Waals surface area contributed by atoms with Gasteiger partial charge in [-0.1, -0.05) is 44.9 Å². The van der Waals surface area contributed by atoms with Crippen molar-refractivity contribution < 1.29 is 24.7 Å². The Kier molecular flexibility index (Phi) is 10.5. The Morgan fingerprint density at radius 1 is 1.24 bits per heavy atom. The van der Waals surface area contributed by atoms with Crippen molar-refractivity contribution in [2.75, 3.05) is 0 Å². The highest BCUT2D eigenvalue weighted by Crippen LogP contribution is 2.24. The largest absolute Gasteiger partial charge is 0.478 e. The number of amides is 2. The first kappa shape index (κ1) is 27.8. The summed E-state index contributed by atoms with van der Waals surface area (Å²) in [5, 5.41) is 21.3. The van der Waals surface area contributed by atoms with E-state index < -0.39 is 23.7 Å². The third kappa shape index (κ3) is 7.28. The van der Waals surface area contributed by atoms with Gasteiger partial charge in [-0.2, -0.15) is 0 Å². The van der Waals surface area contributed by atoms with Crippen LogP contribution >= 0.6 is 27.5 Å². The quantitative estimate of drug-likeness (QED) is 0.176. The van der Waals surface area contributed by atoms with E-state index in [0.717, 1.165) is 24.2 Å². The number of carbonyl (C=O) groups is 3. The average molecular weight is 558 g/mol. The highest BCUT2D eigenvalue weighted by Gasteiger charge is 2.28. The van der Waals surface area contributed by atoms with Crippen molar-refractivity contribution in [2.45, 2.75) is 59.5 Å². The van der Waals surface area contributed by atoms with Crippen molar-refractivity contribution in [2.24, 2.45) is 11.8 Å². The maximum atomic E-state index is 12.7. The number of nitrogens with one attached hydrogen (secondary N) is 2. The van der Waals surface area contributed by atoms with Crippen molar-refractivity contribution in [3.8, 4) is 0 Å². The number of aromatic carboxylic acids is 1. The molecule has 2 aromatic rings. The van der Waals surface area contributed by atoms with E-state index >= 15 is 0 Å². The van der Waals surface area contributed by atoms with Gasteiger partial charge in [0.05, 0.1) is 17.8 Å². The number of hydrogen-bond acceptors (Lipinski definition) is 5. The van der Waals surface area contributed by atoms with Crippen LogP contribution in [-0.4, -0.2) is 37.6 Å². The van der Waals surface area contributed by atoms with Gasteiger partial charge in [-0.05, 0) is 52.4 Å². The van der Waals surface area contributed by atoms with Gasteiger partial charge in [0.1, 0.15) is 11.7 Å². The maximum Gasteiger partial charge on any atom is 0.336 e. The molecular formula is C23H30BrClN4O5. The Bertz CT molecular complexity index is 1040. The van der Waals surface area contributed by atoms with Gasteiger partial charge < -0.3 is 15.0 Å². The lowest BCUT2D eigenvalue weighted by Crippen LogP contribution is -2.41. The molecule has 1 aromatic carbocycles. The number of hydroxylamine groups is 1. The van der Waals surface area contributed by atoms with Crippen LogP contribution in [-0.2, 0) is 29.1 Å². The third-order valence-corrected chi connectivity index (χ3v) is 6.30. The summed E-state index contributed by atoms with van der Waals surface area (Å²) < 4.78 is 2.37. The molecule has 0 bridgehead atoms. The molecule has 0 saturated carbocycles. The number of imidazole rings is 1. The number of halogens is 2. The molecule has 34 heavy (non-hydrogen) atoms. The first-order valence-electron chi connectivity index (χ1n) is 11.1. The summed E-state index contributed by atoms with van der Waals surface area (Å²) in [5.74, 6) is -2.54. The molecular weight excluding hydrogens is 528 g/mol. The lowest BCUT2D eigenvalue weighted by atomic mass is 9.95. The Hall–Kier alpha value is -2.43. The van der Waals surface area contributed by atoms with Crippen molar-refractivity contribution in [1.82, 2.24) is 20.3 Å². The minimum absolute atomic E-state index is 0.0402. The third-order valence-electron chi connectivity index (χ3n) is 5.34. The van der Waals surface area contributed by atoms with E-state index in [1.54, 1.807) is 17.6 Å².